The summed E-state index contributed by atoms with van der Waals surface area (Å²) in [6.07, 6.45) is 2.98. The van der Waals surface area contributed by atoms with Crippen molar-refractivity contribution in [1.29, 1.82) is 0 Å². The van der Waals surface area contributed by atoms with Crippen LogP contribution in [0, 0.1) is 11.3 Å². The minimum atomic E-state index is 0.00729. The first-order valence-electron chi connectivity index (χ1n) is 6.91. The average molecular weight is 329 g/mol. The zero-order chi connectivity index (χ0) is 14.6. The monoisotopic (exact) mass is 328 g/mol. The molecule has 19 heavy (non-hydrogen) atoms. The minimum Gasteiger partial charge on any atom is -0.350 e. The first kappa shape index (κ1) is 16.3. The first-order chi connectivity index (χ1) is 8.77. The molecule has 0 radical (unpaired) electrons. The highest BCUT2D eigenvalue weighted by Gasteiger charge is 2.23. The molecule has 0 aliphatic carbocycles. The summed E-state index contributed by atoms with van der Waals surface area (Å²) >= 11 is 3.43. The molecule has 0 bridgehead atoms. The van der Waals surface area contributed by atoms with Crippen LogP contribution in [0.4, 0.5) is 0 Å². The number of carbonyl (C=O) groups excluding carboxylic acids is 1. The van der Waals surface area contributed by atoms with Crippen molar-refractivity contribution in [2.24, 2.45) is 11.3 Å². The number of amides is 1. The Morgan fingerprint density at radius 2 is 2.11 bits per heavy atom. The van der Waals surface area contributed by atoms with E-state index in [-0.39, 0.29) is 11.3 Å². The number of hydrogen-bond donors (Lipinski definition) is 1. The summed E-state index contributed by atoms with van der Waals surface area (Å²) < 4.78 is 2.95. The Kier molecular flexibility index (Phi) is 5.65. The van der Waals surface area contributed by atoms with Crippen molar-refractivity contribution in [1.82, 2.24) is 9.88 Å². The quantitative estimate of drug-likeness (QED) is 0.839. The Hall–Kier alpha value is -0.770. The third-order valence-corrected chi connectivity index (χ3v) is 4.26. The van der Waals surface area contributed by atoms with Crippen LogP contribution < -0.4 is 5.32 Å². The Morgan fingerprint density at radius 3 is 2.63 bits per heavy atom. The van der Waals surface area contributed by atoms with Crippen molar-refractivity contribution < 1.29 is 4.79 Å². The molecule has 0 fully saturated rings. The number of aryl methyl sites for hydroxylation is 1. The number of nitrogens with one attached hydrogen (secondary N) is 1. The van der Waals surface area contributed by atoms with Crippen LogP contribution in [0.1, 0.15) is 51.5 Å². The molecule has 108 valence electrons. The van der Waals surface area contributed by atoms with E-state index in [0.717, 1.165) is 23.1 Å². The lowest BCUT2D eigenvalue weighted by Crippen LogP contribution is -2.37. The Balaban J connectivity index is 2.73. The van der Waals surface area contributed by atoms with E-state index in [9.17, 15) is 4.79 Å². The zero-order valence-electron chi connectivity index (χ0n) is 12.6. The third kappa shape index (κ3) is 4.37. The average Bonchev–Trinajstić information content (AvgIpc) is 2.68. The van der Waals surface area contributed by atoms with Gasteiger partial charge >= 0.3 is 0 Å². The van der Waals surface area contributed by atoms with Crippen LogP contribution in [0.15, 0.2) is 16.7 Å². The molecule has 0 aliphatic rings. The van der Waals surface area contributed by atoms with E-state index < -0.39 is 0 Å². The number of hydrogen-bond acceptors (Lipinski definition) is 1. The second-order valence-corrected chi connectivity index (χ2v) is 6.98. The molecule has 1 heterocycles. The van der Waals surface area contributed by atoms with E-state index in [4.69, 9.17) is 0 Å². The largest absolute Gasteiger partial charge is 0.350 e. The molecule has 0 saturated carbocycles. The Labute approximate surface area is 124 Å². The SMILES string of the molecule is CCCn1cc(Br)cc1C(=O)NCC(C)(C)C(C)C. The number of carbonyl (C=O) groups is 1. The molecular formula is C15H25BrN2O. The highest BCUT2D eigenvalue weighted by atomic mass is 79.9. The summed E-state index contributed by atoms with van der Waals surface area (Å²) in [5.74, 6) is 0.537. The second-order valence-electron chi connectivity index (χ2n) is 6.06. The van der Waals surface area contributed by atoms with E-state index in [1.54, 1.807) is 0 Å². The predicted molar refractivity (Wildman–Crippen MR) is 83.4 cm³/mol. The number of rotatable bonds is 6. The maximum Gasteiger partial charge on any atom is 0.267 e. The maximum absolute atomic E-state index is 12.3. The fourth-order valence-electron chi connectivity index (χ4n) is 1.69. The predicted octanol–water partition coefficient (Wildman–Crippen LogP) is 4.07. The van der Waals surface area contributed by atoms with Gasteiger partial charge in [-0.15, -0.1) is 0 Å². The van der Waals surface area contributed by atoms with E-state index in [0.29, 0.717) is 12.5 Å². The van der Waals surface area contributed by atoms with Gasteiger partial charge in [-0.05, 0) is 39.8 Å². The normalized spacial score (nSPS) is 11.9. The molecule has 0 atom stereocenters. The number of halogens is 1. The fraction of sp³-hybridized carbons (Fsp3) is 0.667. The van der Waals surface area contributed by atoms with Crippen LogP contribution in [0.3, 0.4) is 0 Å². The molecule has 0 saturated heterocycles. The van der Waals surface area contributed by atoms with Gasteiger partial charge in [0.05, 0.1) is 0 Å². The number of aromatic nitrogens is 1. The minimum absolute atomic E-state index is 0.00729. The second kappa shape index (κ2) is 6.60. The topological polar surface area (TPSA) is 34.0 Å². The van der Waals surface area contributed by atoms with Crippen molar-refractivity contribution >= 4 is 21.8 Å². The van der Waals surface area contributed by atoms with Crippen molar-refractivity contribution in [2.75, 3.05) is 6.54 Å². The summed E-state index contributed by atoms with van der Waals surface area (Å²) in [6, 6.07) is 1.88. The summed E-state index contributed by atoms with van der Waals surface area (Å²) in [6.45, 7) is 12.4. The van der Waals surface area contributed by atoms with Gasteiger partial charge in [-0.3, -0.25) is 4.79 Å². The van der Waals surface area contributed by atoms with Gasteiger partial charge in [-0.1, -0.05) is 34.6 Å². The molecule has 1 aromatic rings. The van der Waals surface area contributed by atoms with Crippen molar-refractivity contribution in [3.8, 4) is 0 Å². The number of nitrogens with zero attached hydrogens (tertiary/aromatic N) is 1. The van der Waals surface area contributed by atoms with Gasteiger partial charge in [0.15, 0.2) is 0 Å². The molecular weight excluding hydrogens is 304 g/mol. The summed E-state index contributed by atoms with van der Waals surface area (Å²) in [5.41, 5.74) is 0.836. The first-order valence-corrected chi connectivity index (χ1v) is 7.71. The van der Waals surface area contributed by atoms with Gasteiger partial charge in [0.25, 0.3) is 5.91 Å². The highest BCUT2D eigenvalue weighted by Crippen LogP contribution is 2.25. The van der Waals surface area contributed by atoms with E-state index >= 15 is 0 Å². The van der Waals surface area contributed by atoms with Gasteiger partial charge < -0.3 is 9.88 Å². The van der Waals surface area contributed by atoms with E-state index in [1.165, 1.54) is 0 Å². The van der Waals surface area contributed by atoms with E-state index in [2.05, 4.69) is 55.9 Å². The smallest absolute Gasteiger partial charge is 0.267 e. The molecule has 0 aliphatic heterocycles. The van der Waals surface area contributed by atoms with Gasteiger partial charge in [0.2, 0.25) is 0 Å². The molecule has 4 heteroatoms. The lowest BCUT2D eigenvalue weighted by atomic mass is 9.81. The van der Waals surface area contributed by atoms with Crippen LogP contribution in [-0.4, -0.2) is 17.0 Å². The summed E-state index contributed by atoms with van der Waals surface area (Å²) in [5, 5.41) is 3.05. The zero-order valence-corrected chi connectivity index (χ0v) is 14.2. The molecule has 1 N–H and O–H groups in total. The highest BCUT2D eigenvalue weighted by molar-refractivity contribution is 9.10. The lowest BCUT2D eigenvalue weighted by Gasteiger charge is -2.29. The summed E-state index contributed by atoms with van der Waals surface area (Å²) in [4.78, 5) is 12.3. The molecule has 1 aromatic heterocycles. The Morgan fingerprint density at radius 1 is 1.47 bits per heavy atom. The van der Waals surface area contributed by atoms with E-state index in [1.807, 2.05) is 16.8 Å². The lowest BCUT2D eigenvalue weighted by molar-refractivity contribution is 0.0915. The maximum atomic E-state index is 12.3. The molecule has 1 rings (SSSR count). The molecule has 0 unspecified atom stereocenters. The van der Waals surface area contributed by atoms with Crippen molar-refractivity contribution in [2.45, 2.75) is 47.6 Å². The summed E-state index contributed by atoms with van der Waals surface area (Å²) in [7, 11) is 0. The van der Waals surface area contributed by atoms with Crippen molar-refractivity contribution in [3.05, 3.63) is 22.4 Å². The van der Waals surface area contributed by atoms with Gasteiger partial charge in [0, 0.05) is 23.8 Å². The van der Waals surface area contributed by atoms with Crippen molar-refractivity contribution in [3.63, 3.8) is 0 Å². The standard InChI is InChI=1S/C15H25BrN2O/c1-6-7-18-9-12(16)8-13(18)14(19)17-10-15(4,5)11(2)3/h8-9,11H,6-7,10H2,1-5H3,(H,17,19). The van der Waals surface area contributed by atoms with Crippen LogP contribution >= 0.6 is 15.9 Å². The molecule has 3 nitrogen and oxygen atoms in total. The van der Waals surface area contributed by atoms with Crippen LogP contribution in [-0.2, 0) is 6.54 Å². The van der Waals surface area contributed by atoms with Gasteiger partial charge in [0.1, 0.15) is 5.69 Å². The molecule has 1 amide bonds. The third-order valence-electron chi connectivity index (χ3n) is 3.83. The fourth-order valence-corrected chi connectivity index (χ4v) is 2.16. The Bertz CT molecular complexity index is 435. The van der Waals surface area contributed by atoms with Crippen LogP contribution in [0.2, 0.25) is 0 Å². The molecule has 0 aromatic carbocycles. The molecule has 0 spiro atoms. The van der Waals surface area contributed by atoms with Crippen LogP contribution in [0.25, 0.3) is 0 Å². The van der Waals surface area contributed by atoms with Crippen LogP contribution in [0.5, 0.6) is 0 Å². The van der Waals surface area contributed by atoms with Gasteiger partial charge in [-0.25, -0.2) is 0 Å². The van der Waals surface area contributed by atoms with Gasteiger partial charge in [-0.2, -0.15) is 0 Å².